The van der Waals surface area contributed by atoms with Crippen molar-refractivity contribution in [1.82, 2.24) is 0 Å². The predicted octanol–water partition coefficient (Wildman–Crippen LogP) is 4.25. The molecule has 0 spiro atoms. The Morgan fingerprint density at radius 3 is 2.19 bits per heavy atom. The van der Waals surface area contributed by atoms with Crippen LogP contribution in [-0.2, 0) is 6.54 Å². The molecule has 0 saturated carbocycles. The van der Waals surface area contributed by atoms with Gasteiger partial charge in [0.25, 0.3) is 0 Å². The fourth-order valence-corrected chi connectivity index (χ4v) is 2.68. The topological polar surface area (TPSA) is 41.5 Å². The maximum absolute atomic E-state index is 9.82. The van der Waals surface area contributed by atoms with Crippen molar-refractivity contribution in [3.8, 4) is 11.5 Å². The number of phenolic OH excluding ortho intramolecular Hbond substituents is 1. The van der Waals surface area contributed by atoms with Gasteiger partial charge >= 0.3 is 0 Å². The predicted molar refractivity (Wildman–Crippen MR) is 87.4 cm³/mol. The van der Waals surface area contributed by atoms with Gasteiger partial charge in [0.15, 0.2) is 0 Å². The molecule has 0 unspecified atom stereocenters. The number of ether oxygens (including phenoxy) is 1. The number of nitrogens with one attached hydrogen (secondary N) is 1. The highest BCUT2D eigenvalue weighted by Crippen LogP contribution is 2.30. The van der Waals surface area contributed by atoms with Gasteiger partial charge in [-0.3, -0.25) is 0 Å². The minimum Gasteiger partial charge on any atom is -0.507 e. The van der Waals surface area contributed by atoms with Gasteiger partial charge in [0.2, 0.25) is 0 Å². The number of hydrogen-bond donors (Lipinski definition) is 2. The fraction of sp³-hybridized carbons (Fsp3) is 0.333. The first kappa shape index (κ1) is 15.2. The van der Waals surface area contributed by atoms with Crippen LogP contribution in [0.5, 0.6) is 11.5 Å². The van der Waals surface area contributed by atoms with E-state index in [0.29, 0.717) is 5.75 Å². The van der Waals surface area contributed by atoms with Gasteiger partial charge in [-0.05, 0) is 56.0 Å². The quantitative estimate of drug-likeness (QED) is 0.882. The molecule has 0 bridgehead atoms. The lowest BCUT2D eigenvalue weighted by Crippen LogP contribution is -2.03. The van der Waals surface area contributed by atoms with Crippen molar-refractivity contribution in [2.45, 2.75) is 34.2 Å². The molecule has 2 N–H and O–H groups in total. The average Bonchev–Trinajstić information content (AvgIpc) is 2.44. The first-order valence-electron chi connectivity index (χ1n) is 7.11. The Labute approximate surface area is 126 Å². The number of methoxy groups -OCH3 is 1. The number of rotatable bonds is 4. The molecule has 3 nitrogen and oxygen atoms in total. The van der Waals surface area contributed by atoms with Gasteiger partial charge in [0.1, 0.15) is 11.5 Å². The van der Waals surface area contributed by atoms with Crippen LogP contribution in [0.1, 0.15) is 27.8 Å². The number of hydrogen-bond acceptors (Lipinski definition) is 3. The standard InChI is InChI=1S/C18H23NO2/c1-11-6-7-16(14(4)18(11)21-5)19-10-15-8-12(2)17(20)13(3)9-15/h6-9,19-20H,10H2,1-5H3. The van der Waals surface area contributed by atoms with E-state index in [1.165, 1.54) is 0 Å². The molecule has 112 valence electrons. The minimum atomic E-state index is 0.381. The number of phenols is 1. The van der Waals surface area contributed by atoms with E-state index >= 15 is 0 Å². The summed E-state index contributed by atoms with van der Waals surface area (Å²) < 4.78 is 5.45. The molecule has 0 aliphatic carbocycles. The normalized spacial score (nSPS) is 10.5. The van der Waals surface area contributed by atoms with Crippen molar-refractivity contribution < 1.29 is 9.84 Å². The van der Waals surface area contributed by atoms with E-state index < -0.39 is 0 Å². The van der Waals surface area contributed by atoms with Crippen LogP contribution < -0.4 is 10.1 Å². The van der Waals surface area contributed by atoms with Gasteiger partial charge in [-0.25, -0.2) is 0 Å². The molecule has 0 radical (unpaired) electrons. The molecule has 0 aromatic heterocycles. The third kappa shape index (κ3) is 3.13. The summed E-state index contributed by atoms with van der Waals surface area (Å²) in [5, 5.41) is 13.3. The molecular weight excluding hydrogens is 262 g/mol. The molecule has 0 fully saturated rings. The second-order valence-corrected chi connectivity index (χ2v) is 5.52. The van der Waals surface area contributed by atoms with Gasteiger partial charge in [-0.2, -0.15) is 0 Å². The monoisotopic (exact) mass is 285 g/mol. The van der Waals surface area contributed by atoms with Gasteiger partial charge in [0.05, 0.1) is 7.11 Å². The number of aromatic hydroxyl groups is 1. The van der Waals surface area contributed by atoms with Crippen LogP contribution in [0.3, 0.4) is 0 Å². The number of benzene rings is 2. The number of aryl methyl sites for hydroxylation is 3. The highest BCUT2D eigenvalue weighted by atomic mass is 16.5. The maximum atomic E-state index is 9.82. The highest BCUT2D eigenvalue weighted by Gasteiger charge is 2.08. The zero-order valence-corrected chi connectivity index (χ0v) is 13.4. The molecule has 3 heteroatoms. The van der Waals surface area contributed by atoms with Crippen LogP contribution in [0.15, 0.2) is 24.3 Å². The first-order chi connectivity index (χ1) is 9.93. The van der Waals surface area contributed by atoms with E-state index in [4.69, 9.17) is 4.74 Å². The van der Waals surface area contributed by atoms with E-state index in [2.05, 4.69) is 24.4 Å². The van der Waals surface area contributed by atoms with Gasteiger partial charge < -0.3 is 15.2 Å². The zero-order chi connectivity index (χ0) is 15.6. The molecule has 0 atom stereocenters. The van der Waals surface area contributed by atoms with E-state index in [9.17, 15) is 5.11 Å². The molecule has 2 aromatic carbocycles. The SMILES string of the molecule is COc1c(C)ccc(NCc2cc(C)c(O)c(C)c2)c1C. The fourth-order valence-electron chi connectivity index (χ4n) is 2.68. The highest BCUT2D eigenvalue weighted by molar-refractivity contribution is 5.60. The molecule has 2 aromatic rings. The van der Waals surface area contributed by atoms with Crippen molar-refractivity contribution in [3.63, 3.8) is 0 Å². The molecule has 21 heavy (non-hydrogen) atoms. The van der Waals surface area contributed by atoms with Crippen molar-refractivity contribution in [2.75, 3.05) is 12.4 Å². The molecular formula is C18H23NO2. The lowest BCUT2D eigenvalue weighted by Gasteiger charge is -2.15. The third-order valence-corrected chi connectivity index (χ3v) is 3.84. The van der Waals surface area contributed by atoms with Crippen LogP contribution >= 0.6 is 0 Å². The summed E-state index contributed by atoms with van der Waals surface area (Å²) in [7, 11) is 1.70. The van der Waals surface area contributed by atoms with Crippen LogP contribution in [0, 0.1) is 27.7 Å². The van der Waals surface area contributed by atoms with Gasteiger partial charge in [-0.1, -0.05) is 18.2 Å². The van der Waals surface area contributed by atoms with Crippen LogP contribution in [0.4, 0.5) is 5.69 Å². The molecule has 0 aliphatic heterocycles. The molecule has 0 aliphatic rings. The Morgan fingerprint density at radius 2 is 1.62 bits per heavy atom. The van der Waals surface area contributed by atoms with Crippen molar-refractivity contribution >= 4 is 5.69 Å². The van der Waals surface area contributed by atoms with Crippen molar-refractivity contribution in [1.29, 1.82) is 0 Å². The van der Waals surface area contributed by atoms with Crippen LogP contribution in [0.2, 0.25) is 0 Å². The summed E-state index contributed by atoms with van der Waals surface area (Å²) in [6.45, 7) is 8.66. The summed E-state index contributed by atoms with van der Waals surface area (Å²) in [5.41, 5.74) is 6.29. The minimum absolute atomic E-state index is 0.381. The molecule has 0 amide bonds. The largest absolute Gasteiger partial charge is 0.507 e. The van der Waals surface area contributed by atoms with Crippen LogP contribution in [0.25, 0.3) is 0 Å². The summed E-state index contributed by atoms with van der Waals surface area (Å²) in [5.74, 6) is 1.31. The second-order valence-electron chi connectivity index (χ2n) is 5.52. The Kier molecular flexibility index (Phi) is 4.41. The average molecular weight is 285 g/mol. The van der Waals surface area contributed by atoms with Crippen molar-refractivity contribution in [3.05, 3.63) is 52.1 Å². The summed E-state index contributed by atoms with van der Waals surface area (Å²) in [4.78, 5) is 0. The van der Waals surface area contributed by atoms with E-state index in [1.807, 2.05) is 32.9 Å². The first-order valence-corrected chi connectivity index (χ1v) is 7.11. The lowest BCUT2D eigenvalue weighted by molar-refractivity contribution is 0.409. The van der Waals surface area contributed by atoms with Crippen molar-refractivity contribution in [2.24, 2.45) is 0 Å². The molecule has 2 rings (SSSR count). The van der Waals surface area contributed by atoms with E-state index in [1.54, 1.807) is 7.11 Å². The Balaban J connectivity index is 2.21. The van der Waals surface area contributed by atoms with Crippen LogP contribution in [-0.4, -0.2) is 12.2 Å². The zero-order valence-electron chi connectivity index (χ0n) is 13.4. The Morgan fingerprint density at radius 1 is 1.00 bits per heavy atom. The Hall–Kier alpha value is -2.16. The Bertz CT molecular complexity index is 640. The van der Waals surface area contributed by atoms with E-state index in [0.717, 1.165) is 45.8 Å². The van der Waals surface area contributed by atoms with Gasteiger partial charge in [0, 0.05) is 17.8 Å². The number of anilines is 1. The smallest absolute Gasteiger partial charge is 0.126 e. The summed E-state index contributed by atoms with van der Waals surface area (Å²) in [6.07, 6.45) is 0. The maximum Gasteiger partial charge on any atom is 0.126 e. The summed E-state index contributed by atoms with van der Waals surface area (Å²) >= 11 is 0. The molecule has 0 saturated heterocycles. The summed E-state index contributed by atoms with van der Waals surface area (Å²) in [6, 6.07) is 8.15. The third-order valence-electron chi connectivity index (χ3n) is 3.84. The van der Waals surface area contributed by atoms with Gasteiger partial charge in [-0.15, -0.1) is 0 Å². The molecule has 0 heterocycles. The lowest BCUT2D eigenvalue weighted by atomic mass is 10.0. The second kappa shape index (κ2) is 6.08. The van der Waals surface area contributed by atoms with E-state index in [-0.39, 0.29) is 0 Å².